The van der Waals surface area contributed by atoms with E-state index in [0.29, 0.717) is 12.1 Å². The number of anilines is 1. The summed E-state index contributed by atoms with van der Waals surface area (Å²) in [6.07, 6.45) is 2.85. The molecule has 4 nitrogen and oxygen atoms in total. The van der Waals surface area contributed by atoms with Crippen LogP contribution in [0.5, 0.6) is 0 Å². The lowest BCUT2D eigenvalue weighted by atomic mass is 10.1. The minimum atomic E-state index is -0.0743. The third-order valence-electron chi connectivity index (χ3n) is 2.89. The molecule has 1 aromatic heterocycles. The fourth-order valence-electron chi connectivity index (χ4n) is 1.87. The van der Waals surface area contributed by atoms with Crippen molar-refractivity contribution in [1.82, 2.24) is 10.3 Å². The van der Waals surface area contributed by atoms with Gasteiger partial charge in [0.05, 0.1) is 12.1 Å². The average Bonchev–Trinajstić information content (AvgIpc) is 2.94. The number of hydrogen-bond donors (Lipinski definition) is 2. The van der Waals surface area contributed by atoms with Crippen LogP contribution >= 0.6 is 11.3 Å². The smallest absolute Gasteiger partial charge is 0.253 e. The van der Waals surface area contributed by atoms with Crippen LogP contribution in [0.25, 0.3) is 0 Å². The molecule has 2 rings (SSSR count). The topological polar surface area (TPSA) is 54.0 Å². The molecule has 2 aromatic rings. The van der Waals surface area contributed by atoms with Crippen molar-refractivity contribution in [3.63, 3.8) is 0 Å². The van der Waals surface area contributed by atoms with Gasteiger partial charge in [0.15, 0.2) is 0 Å². The summed E-state index contributed by atoms with van der Waals surface area (Å²) < 4.78 is 0. The molecule has 20 heavy (non-hydrogen) atoms. The van der Waals surface area contributed by atoms with Crippen LogP contribution in [-0.4, -0.2) is 17.4 Å². The van der Waals surface area contributed by atoms with Gasteiger partial charge in [0.25, 0.3) is 5.91 Å². The molecule has 0 spiro atoms. The van der Waals surface area contributed by atoms with Crippen LogP contribution in [0.2, 0.25) is 0 Å². The van der Waals surface area contributed by atoms with E-state index in [9.17, 15) is 4.79 Å². The highest BCUT2D eigenvalue weighted by Gasteiger charge is 2.10. The Kier molecular flexibility index (Phi) is 5.12. The molecule has 1 heterocycles. The summed E-state index contributed by atoms with van der Waals surface area (Å²) in [5.41, 5.74) is 1.53. The van der Waals surface area contributed by atoms with Crippen molar-refractivity contribution < 1.29 is 4.79 Å². The first-order valence-corrected chi connectivity index (χ1v) is 7.61. The van der Waals surface area contributed by atoms with Gasteiger partial charge in [0, 0.05) is 23.3 Å². The van der Waals surface area contributed by atoms with E-state index < -0.39 is 0 Å². The van der Waals surface area contributed by atoms with Crippen LogP contribution in [0.1, 0.15) is 34.1 Å². The molecule has 1 aromatic carbocycles. The maximum absolute atomic E-state index is 12.2. The summed E-state index contributed by atoms with van der Waals surface area (Å²) in [4.78, 5) is 17.8. The summed E-state index contributed by atoms with van der Waals surface area (Å²) in [5, 5.41) is 7.06. The van der Waals surface area contributed by atoms with Crippen LogP contribution < -0.4 is 10.6 Å². The summed E-state index contributed by atoms with van der Waals surface area (Å²) in [5.74, 6) is -0.0743. The average molecular weight is 289 g/mol. The van der Waals surface area contributed by atoms with Gasteiger partial charge in [0.1, 0.15) is 5.01 Å². The largest absolute Gasteiger partial charge is 0.385 e. The van der Waals surface area contributed by atoms with Gasteiger partial charge < -0.3 is 10.6 Å². The molecule has 0 radical (unpaired) electrons. The third kappa shape index (κ3) is 3.57. The molecule has 0 aliphatic heterocycles. The van der Waals surface area contributed by atoms with E-state index in [1.165, 1.54) is 4.88 Å². The number of aryl methyl sites for hydroxylation is 1. The summed E-state index contributed by atoms with van der Waals surface area (Å²) in [7, 11) is 0. The Balaban J connectivity index is 2.01. The molecule has 0 atom stereocenters. The Bertz CT molecular complexity index is 580. The minimum Gasteiger partial charge on any atom is -0.385 e. The molecule has 5 heteroatoms. The molecular formula is C15H19N3OS. The van der Waals surface area contributed by atoms with Crippen molar-refractivity contribution in [1.29, 1.82) is 0 Å². The second-order valence-electron chi connectivity index (χ2n) is 4.33. The number of thiazole rings is 1. The van der Waals surface area contributed by atoms with Gasteiger partial charge >= 0.3 is 0 Å². The molecule has 0 fully saturated rings. The van der Waals surface area contributed by atoms with E-state index in [1.807, 2.05) is 37.4 Å². The van der Waals surface area contributed by atoms with Gasteiger partial charge in [0.2, 0.25) is 0 Å². The zero-order valence-corrected chi connectivity index (χ0v) is 12.6. The van der Waals surface area contributed by atoms with Gasteiger partial charge in [-0.15, -0.1) is 11.3 Å². The van der Waals surface area contributed by atoms with E-state index in [-0.39, 0.29) is 5.91 Å². The van der Waals surface area contributed by atoms with Gasteiger partial charge in [-0.1, -0.05) is 19.1 Å². The van der Waals surface area contributed by atoms with Gasteiger partial charge in [-0.3, -0.25) is 4.79 Å². The highest BCUT2D eigenvalue weighted by atomic mass is 32.1. The molecule has 0 aliphatic carbocycles. The van der Waals surface area contributed by atoms with Crippen molar-refractivity contribution >= 4 is 22.9 Å². The van der Waals surface area contributed by atoms with Gasteiger partial charge in [-0.25, -0.2) is 4.98 Å². The van der Waals surface area contributed by atoms with Crippen LogP contribution in [0.4, 0.5) is 5.69 Å². The lowest BCUT2D eigenvalue weighted by molar-refractivity contribution is 0.0951. The highest BCUT2D eigenvalue weighted by Crippen LogP contribution is 2.16. The van der Waals surface area contributed by atoms with E-state index in [2.05, 4.69) is 22.5 Å². The fraction of sp³-hybridized carbons (Fsp3) is 0.333. The molecule has 1 amide bonds. The maximum atomic E-state index is 12.2. The van der Waals surface area contributed by atoms with Crippen LogP contribution in [0.3, 0.4) is 0 Å². The summed E-state index contributed by atoms with van der Waals surface area (Å²) in [6.45, 7) is 5.37. The number of nitrogens with one attached hydrogen (secondary N) is 2. The van der Waals surface area contributed by atoms with Crippen LogP contribution in [-0.2, 0) is 13.0 Å². The van der Waals surface area contributed by atoms with E-state index in [4.69, 9.17) is 0 Å². The van der Waals surface area contributed by atoms with Crippen molar-refractivity contribution in [2.24, 2.45) is 0 Å². The maximum Gasteiger partial charge on any atom is 0.253 e. The zero-order valence-electron chi connectivity index (χ0n) is 11.8. The zero-order chi connectivity index (χ0) is 14.4. The second-order valence-corrected chi connectivity index (χ2v) is 5.53. The Hall–Kier alpha value is -1.88. The summed E-state index contributed by atoms with van der Waals surface area (Å²) in [6, 6.07) is 7.53. The Morgan fingerprint density at radius 2 is 2.10 bits per heavy atom. The number of benzene rings is 1. The number of para-hydroxylation sites is 1. The van der Waals surface area contributed by atoms with Gasteiger partial charge in [-0.2, -0.15) is 0 Å². The van der Waals surface area contributed by atoms with Crippen molar-refractivity contribution in [3.8, 4) is 0 Å². The first-order chi connectivity index (χ1) is 9.74. The Morgan fingerprint density at radius 1 is 1.30 bits per heavy atom. The van der Waals surface area contributed by atoms with E-state index in [1.54, 1.807) is 11.3 Å². The number of hydrogen-bond acceptors (Lipinski definition) is 4. The standard InChI is InChI=1S/C15H19N3OS/c1-3-11-9-17-14(20-11)10-18-15(19)12-7-5-6-8-13(12)16-4-2/h5-9,16H,3-4,10H2,1-2H3,(H,18,19). The number of carbonyl (C=O) groups is 1. The Labute approximate surface area is 123 Å². The molecule has 106 valence electrons. The van der Waals surface area contributed by atoms with Crippen molar-refractivity contribution in [2.45, 2.75) is 26.8 Å². The molecule has 0 bridgehead atoms. The fourth-order valence-corrected chi connectivity index (χ4v) is 2.67. The Morgan fingerprint density at radius 3 is 2.80 bits per heavy atom. The van der Waals surface area contributed by atoms with Crippen LogP contribution in [0.15, 0.2) is 30.5 Å². The van der Waals surface area contributed by atoms with Crippen molar-refractivity contribution in [3.05, 3.63) is 45.9 Å². The normalized spacial score (nSPS) is 10.3. The molecule has 0 saturated carbocycles. The lowest BCUT2D eigenvalue weighted by Gasteiger charge is -2.10. The van der Waals surface area contributed by atoms with Gasteiger partial charge in [-0.05, 0) is 25.5 Å². The number of carbonyl (C=O) groups excluding carboxylic acids is 1. The van der Waals surface area contributed by atoms with E-state index in [0.717, 1.165) is 23.7 Å². The second kappa shape index (κ2) is 7.05. The first kappa shape index (κ1) is 14.5. The quantitative estimate of drug-likeness (QED) is 0.859. The summed E-state index contributed by atoms with van der Waals surface area (Å²) >= 11 is 1.64. The monoisotopic (exact) mass is 289 g/mol. The number of nitrogens with zero attached hydrogens (tertiary/aromatic N) is 1. The number of amides is 1. The van der Waals surface area contributed by atoms with Crippen molar-refractivity contribution in [2.75, 3.05) is 11.9 Å². The first-order valence-electron chi connectivity index (χ1n) is 6.79. The number of aromatic nitrogens is 1. The molecular weight excluding hydrogens is 270 g/mol. The lowest BCUT2D eigenvalue weighted by Crippen LogP contribution is -2.23. The van der Waals surface area contributed by atoms with Crippen LogP contribution in [0, 0.1) is 0 Å². The highest BCUT2D eigenvalue weighted by molar-refractivity contribution is 7.11. The molecule has 2 N–H and O–H groups in total. The molecule has 0 aliphatic rings. The molecule has 0 unspecified atom stereocenters. The number of rotatable bonds is 6. The predicted octanol–water partition coefficient (Wildman–Crippen LogP) is 3.07. The van der Waals surface area contributed by atoms with E-state index >= 15 is 0 Å². The molecule has 0 saturated heterocycles. The minimum absolute atomic E-state index is 0.0743. The predicted molar refractivity (Wildman–Crippen MR) is 83.3 cm³/mol. The third-order valence-corrected chi connectivity index (χ3v) is 4.03. The SMILES string of the molecule is CCNc1ccccc1C(=O)NCc1ncc(CC)s1.